The maximum Gasteiger partial charge on any atom is 0.305 e. The van der Waals surface area contributed by atoms with Gasteiger partial charge in [0.25, 0.3) is 0 Å². The Labute approximate surface area is 215 Å². The third-order valence-corrected chi connectivity index (χ3v) is 7.57. The van der Waals surface area contributed by atoms with Gasteiger partial charge in [-0.05, 0) is 49.4 Å². The van der Waals surface area contributed by atoms with Crippen molar-refractivity contribution in [2.45, 2.75) is 57.5 Å². The van der Waals surface area contributed by atoms with Crippen LogP contribution < -0.4 is 4.74 Å². The van der Waals surface area contributed by atoms with E-state index in [0.717, 1.165) is 35.4 Å². The third-order valence-electron chi connectivity index (χ3n) is 7.20. The second kappa shape index (κ2) is 10.3. The molecule has 2 aliphatic carbocycles. The minimum atomic E-state index is -0.891. The van der Waals surface area contributed by atoms with E-state index in [1.54, 1.807) is 0 Å². The van der Waals surface area contributed by atoms with Crippen molar-refractivity contribution in [2.24, 2.45) is 0 Å². The van der Waals surface area contributed by atoms with Gasteiger partial charge in [-0.3, -0.25) is 14.4 Å². The van der Waals surface area contributed by atoms with Gasteiger partial charge < -0.3 is 14.7 Å². The quantitative estimate of drug-likeness (QED) is 0.511. The van der Waals surface area contributed by atoms with Crippen molar-refractivity contribution in [3.63, 3.8) is 0 Å². The molecule has 7 heteroatoms. The first-order chi connectivity index (χ1) is 17.4. The molecule has 0 saturated carbocycles. The molecule has 186 valence electrons. The zero-order chi connectivity index (χ0) is 25.2. The number of nitrogens with zero attached hydrogens (tertiary/aromatic N) is 1. The number of rotatable bonds is 7. The summed E-state index contributed by atoms with van der Waals surface area (Å²) >= 11 is 6.24. The van der Waals surface area contributed by atoms with Crippen molar-refractivity contribution < 1.29 is 24.2 Å². The average Bonchev–Trinajstić information content (AvgIpc) is 2.87. The van der Waals surface area contributed by atoms with Crippen LogP contribution in [0.25, 0.3) is 0 Å². The van der Waals surface area contributed by atoms with Crippen molar-refractivity contribution in [1.29, 1.82) is 0 Å². The van der Waals surface area contributed by atoms with E-state index in [1.807, 2.05) is 53.4 Å². The largest absolute Gasteiger partial charge is 0.489 e. The van der Waals surface area contributed by atoms with Gasteiger partial charge in [-0.1, -0.05) is 41.9 Å². The second-order valence-electron chi connectivity index (χ2n) is 9.45. The number of hydrogen-bond acceptors (Lipinski definition) is 5. The van der Waals surface area contributed by atoms with Gasteiger partial charge in [-0.15, -0.1) is 0 Å². The number of carbonyl (C=O) groups is 3. The summed E-state index contributed by atoms with van der Waals surface area (Å²) in [5.74, 6) is -0.547. The lowest BCUT2D eigenvalue weighted by molar-refractivity contribution is -0.137. The van der Waals surface area contributed by atoms with Gasteiger partial charge in [0, 0.05) is 58.4 Å². The number of Topliss-reactive ketones (excluding diaryl/α,β-unsaturated/α-hetero) is 2. The van der Waals surface area contributed by atoms with E-state index >= 15 is 0 Å². The average molecular weight is 506 g/mol. The Bertz CT molecular complexity index is 1230. The van der Waals surface area contributed by atoms with E-state index in [4.69, 9.17) is 16.3 Å². The molecule has 36 heavy (non-hydrogen) atoms. The van der Waals surface area contributed by atoms with Gasteiger partial charge in [0.05, 0.1) is 6.42 Å². The van der Waals surface area contributed by atoms with E-state index < -0.39 is 11.9 Å². The molecule has 0 atom stereocenters. The molecule has 5 rings (SSSR count). The summed E-state index contributed by atoms with van der Waals surface area (Å²) < 4.78 is 5.94. The molecule has 0 aromatic heterocycles. The third kappa shape index (κ3) is 4.70. The van der Waals surface area contributed by atoms with Gasteiger partial charge in [-0.2, -0.15) is 0 Å². The molecule has 0 radical (unpaired) electrons. The fourth-order valence-electron chi connectivity index (χ4n) is 5.56. The van der Waals surface area contributed by atoms with E-state index in [2.05, 4.69) is 0 Å². The Kier molecular flexibility index (Phi) is 6.97. The Hall–Kier alpha value is -3.38. The molecule has 2 aromatic carbocycles. The van der Waals surface area contributed by atoms with Crippen LogP contribution in [0.4, 0.5) is 0 Å². The number of hydrogen-bond donors (Lipinski definition) is 1. The summed E-state index contributed by atoms with van der Waals surface area (Å²) in [4.78, 5) is 39.9. The summed E-state index contributed by atoms with van der Waals surface area (Å²) in [6.07, 6.45) is 3.73. The smallest absolute Gasteiger partial charge is 0.305 e. The molecule has 0 amide bonds. The minimum absolute atomic E-state index is 0.0436. The van der Waals surface area contributed by atoms with E-state index in [1.165, 1.54) is 0 Å². The topological polar surface area (TPSA) is 83.9 Å². The SMILES string of the molecule is O=C(O)CCN1C2=C(C(=O)CCC2)C(c2ccc(OCc3ccccc3Cl)cc2)C2=C1CCCC2=O. The van der Waals surface area contributed by atoms with Crippen LogP contribution in [-0.2, 0) is 21.0 Å². The number of carboxylic acids is 1. The lowest BCUT2D eigenvalue weighted by Gasteiger charge is -2.44. The predicted octanol–water partition coefficient (Wildman–Crippen LogP) is 5.81. The first kappa shape index (κ1) is 24.3. The molecule has 0 spiro atoms. The molecule has 1 aliphatic heterocycles. The molecule has 3 aliphatic rings. The molecule has 0 bridgehead atoms. The van der Waals surface area contributed by atoms with Crippen LogP contribution in [0.3, 0.4) is 0 Å². The Morgan fingerprint density at radius 2 is 1.53 bits per heavy atom. The number of carboxylic acid groups (broad SMARTS) is 1. The molecule has 1 heterocycles. The molecule has 0 saturated heterocycles. The normalized spacial score (nSPS) is 18.3. The highest BCUT2D eigenvalue weighted by molar-refractivity contribution is 6.31. The fraction of sp³-hybridized carbons (Fsp3) is 0.345. The van der Waals surface area contributed by atoms with Crippen LogP contribution >= 0.6 is 11.6 Å². The fourth-order valence-corrected chi connectivity index (χ4v) is 5.75. The summed E-state index contributed by atoms with van der Waals surface area (Å²) in [5, 5.41) is 9.96. The number of ether oxygens (including phenoxy) is 1. The maximum absolute atomic E-state index is 13.3. The Morgan fingerprint density at radius 3 is 2.11 bits per heavy atom. The van der Waals surface area contributed by atoms with Gasteiger partial charge in [-0.25, -0.2) is 0 Å². The van der Waals surface area contributed by atoms with Gasteiger partial charge in [0.15, 0.2) is 11.6 Å². The van der Waals surface area contributed by atoms with Crippen molar-refractivity contribution >= 4 is 29.1 Å². The molecule has 6 nitrogen and oxygen atoms in total. The lowest BCUT2D eigenvalue weighted by Crippen LogP contribution is -2.39. The Morgan fingerprint density at radius 1 is 0.917 bits per heavy atom. The van der Waals surface area contributed by atoms with Crippen molar-refractivity contribution in [3.05, 3.63) is 87.2 Å². The molecular weight excluding hydrogens is 478 g/mol. The summed E-state index contributed by atoms with van der Waals surface area (Å²) in [7, 11) is 0. The molecular formula is C29H28ClNO5. The number of halogens is 1. The van der Waals surface area contributed by atoms with Crippen LogP contribution in [0.15, 0.2) is 71.1 Å². The highest BCUT2D eigenvalue weighted by Gasteiger charge is 2.43. The van der Waals surface area contributed by atoms with E-state index in [0.29, 0.717) is 54.2 Å². The van der Waals surface area contributed by atoms with Crippen LogP contribution in [-0.4, -0.2) is 34.1 Å². The van der Waals surface area contributed by atoms with Crippen LogP contribution in [0.5, 0.6) is 5.75 Å². The minimum Gasteiger partial charge on any atom is -0.489 e. The number of ketones is 2. The van der Waals surface area contributed by atoms with Gasteiger partial charge >= 0.3 is 5.97 Å². The van der Waals surface area contributed by atoms with Crippen molar-refractivity contribution in [1.82, 2.24) is 4.90 Å². The Balaban J connectivity index is 1.50. The van der Waals surface area contributed by atoms with E-state index in [-0.39, 0.29) is 24.5 Å². The highest BCUT2D eigenvalue weighted by Crippen LogP contribution is 2.49. The standard InChI is InChI=1S/C29H28ClNO5/c30-21-6-2-1-5-19(21)17-36-20-13-11-18(12-14-20)27-28-22(7-3-9-24(28)32)31(16-15-26(34)35)23-8-4-10-25(33)29(23)27/h1-2,5-6,11-14,27H,3-4,7-10,15-17H2,(H,34,35). The maximum atomic E-state index is 13.3. The number of allylic oxidation sites excluding steroid dienone is 4. The van der Waals surface area contributed by atoms with Gasteiger partial charge in [0.1, 0.15) is 12.4 Å². The second-order valence-corrected chi connectivity index (χ2v) is 9.86. The predicted molar refractivity (Wildman–Crippen MR) is 136 cm³/mol. The first-order valence-electron chi connectivity index (χ1n) is 12.4. The van der Waals surface area contributed by atoms with Crippen LogP contribution in [0.2, 0.25) is 5.02 Å². The van der Waals surface area contributed by atoms with E-state index in [9.17, 15) is 19.5 Å². The summed E-state index contributed by atoms with van der Waals surface area (Å²) in [5.41, 5.74) is 4.87. The lowest BCUT2D eigenvalue weighted by atomic mass is 9.71. The van der Waals surface area contributed by atoms with Crippen LogP contribution in [0.1, 0.15) is 62.0 Å². The number of benzene rings is 2. The number of carbonyl (C=O) groups excluding carboxylic acids is 2. The van der Waals surface area contributed by atoms with Gasteiger partial charge in [0.2, 0.25) is 0 Å². The molecule has 1 N–H and O–H groups in total. The van der Waals surface area contributed by atoms with Crippen LogP contribution in [0, 0.1) is 0 Å². The van der Waals surface area contributed by atoms with Crippen molar-refractivity contribution in [2.75, 3.05) is 6.54 Å². The zero-order valence-corrected chi connectivity index (χ0v) is 20.7. The molecule has 0 fully saturated rings. The summed E-state index contributed by atoms with van der Waals surface area (Å²) in [6, 6.07) is 15.1. The summed E-state index contributed by atoms with van der Waals surface area (Å²) in [6.45, 7) is 0.609. The first-order valence-corrected chi connectivity index (χ1v) is 12.8. The molecule has 0 unspecified atom stereocenters. The highest BCUT2D eigenvalue weighted by atomic mass is 35.5. The van der Waals surface area contributed by atoms with Crippen molar-refractivity contribution in [3.8, 4) is 5.75 Å². The number of aliphatic carboxylic acids is 1. The zero-order valence-electron chi connectivity index (χ0n) is 20.0. The monoisotopic (exact) mass is 505 g/mol. The molecule has 2 aromatic rings.